The van der Waals surface area contributed by atoms with Gasteiger partial charge in [0.2, 0.25) is 5.91 Å². The standard InChI is InChI=1S/C13H26N2O3/c1-11(15-7-5-3-4-6-8-15)12(18)14-13(2,9-16)10-17/h11,16-17H,3-10H2,1-2H3,(H,14,18)/t11-/m0/s1. The fraction of sp³-hybridized carbons (Fsp3) is 0.923. The van der Waals surface area contributed by atoms with Gasteiger partial charge in [-0.2, -0.15) is 0 Å². The molecule has 1 rings (SSSR count). The maximum Gasteiger partial charge on any atom is 0.237 e. The summed E-state index contributed by atoms with van der Waals surface area (Å²) in [5, 5.41) is 21.1. The first-order valence-electron chi connectivity index (χ1n) is 6.80. The molecule has 0 aromatic rings. The van der Waals surface area contributed by atoms with E-state index in [0.29, 0.717) is 0 Å². The molecule has 5 heteroatoms. The Morgan fingerprint density at radius 1 is 1.22 bits per heavy atom. The summed E-state index contributed by atoms with van der Waals surface area (Å²) in [6.07, 6.45) is 4.73. The van der Waals surface area contributed by atoms with E-state index < -0.39 is 5.54 Å². The van der Waals surface area contributed by atoms with E-state index in [1.807, 2.05) is 6.92 Å². The summed E-state index contributed by atoms with van der Waals surface area (Å²) >= 11 is 0. The molecule has 1 amide bonds. The SMILES string of the molecule is C[C@@H](C(=O)NC(C)(CO)CO)N1CCCCCC1. The number of nitrogens with one attached hydrogen (secondary N) is 1. The molecule has 18 heavy (non-hydrogen) atoms. The van der Waals surface area contributed by atoms with Gasteiger partial charge in [-0.3, -0.25) is 9.69 Å². The molecule has 1 atom stereocenters. The van der Waals surface area contributed by atoms with Gasteiger partial charge in [0.1, 0.15) is 0 Å². The maximum absolute atomic E-state index is 12.1. The van der Waals surface area contributed by atoms with Crippen LogP contribution in [0.2, 0.25) is 0 Å². The van der Waals surface area contributed by atoms with Crippen LogP contribution in [0.15, 0.2) is 0 Å². The highest BCUT2D eigenvalue weighted by atomic mass is 16.3. The van der Waals surface area contributed by atoms with Crippen LogP contribution in [0.1, 0.15) is 39.5 Å². The third-order valence-corrected chi connectivity index (χ3v) is 3.69. The number of amides is 1. The Morgan fingerprint density at radius 3 is 2.17 bits per heavy atom. The van der Waals surface area contributed by atoms with Gasteiger partial charge >= 0.3 is 0 Å². The summed E-state index contributed by atoms with van der Waals surface area (Å²) in [7, 11) is 0. The zero-order chi connectivity index (χ0) is 13.6. The topological polar surface area (TPSA) is 72.8 Å². The van der Waals surface area contributed by atoms with Crippen molar-refractivity contribution in [2.75, 3.05) is 26.3 Å². The summed E-state index contributed by atoms with van der Waals surface area (Å²) < 4.78 is 0. The van der Waals surface area contributed by atoms with Crippen LogP contribution in [-0.4, -0.2) is 58.9 Å². The van der Waals surface area contributed by atoms with Crippen molar-refractivity contribution in [2.24, 2.45) is 0 Å². The Bertz CT molecular complexity index is 259. The van der Waals surface area contributed by atoms with Crippen LogP contribution in [-0.2, 0) is 4.79 Å². The zero-order valence-electron chi connectivity index (χ0n) is 11.5. The van der Waals surface area contributed by atoms with Gasteiger partial charge < -0.3 is 15.5 Å². The van der Waals surface area contributed by atoms with Crippen molar-refractivity contribution >= 4 is 5.91 Å². The lowest BCUT2D eigenvalue weighted by Gasteiger charge is -2.32. The summed E-state index contributed by atoms with van der Waals surface area (Å²) in [6.45, 7) is 4.90. The first-order chi connectivity index (χ1) is 8.52. The van der Waals surface area contributed by atoms with Crippen LogP contribution in [0.25, 0.3) is 0 Å². The van der Waals surface area contributed by atoms with Crippen molar-refractivity contribution in [3.8, 4) is 0 Å². The average Bonchev–Trinajstić information content (AvgIpc) is 2.66. The van der Waals surface area contributed by atoms with Gasteiger partial charge in [0.05, 0.1) is 24.8 Å². The predicted octanol–water partition coefficient (Wildman–Crippen LogP) is 0.110. The third kappa shape index (κ3) is 4.23. The molecule has 0 bridgehead atoms. The number of rotatable bonds is 5. The van der Waals surface area contributed by atoms with Gasteiger partial charge in [-0.1, -0.05) is 12.8 Å². The largest absolute Gasteiger partial charge is 0.394 e. The minimum absolute atomic E-state index is 0.123. The molecule has 1 aliphatic heterocycles. The predicted molar refractivity (Wildman–Crippen MR) is 70.2 cm³/mol. The zero-order valence-corrected chi connectivity index (χ0v) is 11.5. The van der Waals surface area contributed by atoms with Crippen LogP contribution in [0.3, 0.4) is 0 Å². The van der Waals surface area contributed by atoms with E-state index in [1.165, 1.54) is 12.8 Å². The molecular weight excluding hydrogens is 232 g/mol. The van der Waals surface area contributed by atoms with E-state index in [1.54, 1.807) is 6.92 Å². The highest BCUT2D eigenvalue weighted by Gasteiger charge is 2.29. The second kappa shape index (κ2) is 7.07. The number of carbonyl (C=O) groups excluding carboxylic acids is 1. The molecule has 5 nitrogen and oxygen atoms in total. The molecule has 1 aliphatic rings. The van der Waals surface area contributed by atoms with Gasteiger partial charge in [-0.25, -0.2) is 0 Å². The first-order valence-corrected chi connectivity index (χ1v) is 6.80. The van der Waals surface area contributed by atoms with Crippen molar-refractivity contribution in [3.63, 3.8) is 0 Å². The summed E-state index contributed by atoms with van der Waals surface area (Å²) in [4.78, 5) is 14.3. The van der Waals surface area contributed by atoms with Crippen LogP contribution in [0.5, 0.6) is 0 Å². The summed E-state index contributed by atoms with van der Waals surface area (Å²) in [5.74, 6) is -0.123. The quantitative estimate of drug-likeness (QED) is 0.654. The lowest BCUT2D eigenvalue weighted by Crippen LogP contribution is -2.57. The number of nitrogens with zero attached hydrogens (tertiary/aromatic N) is 1. The van der Waals surface area contributed by atoms with Gasteiger partial charge in [-0.15, -0.1) is 0 Å². The molecule has 0 aromatic carbocycles. The molecule has 106 valence electrons. The van der Waals surface area contributed by atoms with Crippen LogP contribution >= 0.6 is 0 Å². The highest BCUT2D eigenvalue weighted by Crippen LogP contribution is 2.13. The van der Waals surface area contributed by atoms with Crippen LogP contribution < -0.4 is 5.32 Å². The van der Waals surface area contributed by atoms with Crippen molar-refractivity contribution in [2.45, 2.75) is 51.1 Å². The number of carbonyl (C=O) groups is 1. The van der Waals surface area contributed by atoms with E-state index in [4.69, 9.17) is 0 Å². The number of aliphatic hydroxyl groups excluding tert-OH is 2. The first kappa shape index (κ1) is 15.4. The lowest BCUT2D eigenvalue weighted by molar-refractivity contribution is -0.129. The average molecular weight is 258 g/mol. The molecule has 1 heterocycles. The van der Waals surface area contributed by atoms with Crippen LogP contribution in [0, 0.1) is 0 Å². The van der Waals surface area contributed by atoms with Crippen molar-refractivity contribution in [1.29, 1.82) is 0 Å². The molecule has 0 unspecified atom stereocenters. The minimum Gasteiger partial charge on any atom is -0.394 e. The smallest absolute Gasteiger partial charge is 0.237 e. The van der Waals surface area contributed by atoms with E-state index in [-0.39, 0.29) is 25.2 Å². The molecule has 0 spiro atoms. The molecule has 1 fully saturated rings. The van der Waals surface area contributed by atoms with E-state index in [2.05, 4.69) is 10.2 Å². The summed E-state index contributed by atoms with van der Waals surface area (Å²) in [5.41, 5.74) is -0.933. The molecule has 0 radical (unpaired) electrons. The van der Waals surface area contributed by atoms with Gasteiger partial charge in [0, 0.05) is 0 Å². The molecular formula is C13H26N2O3. The minimum atomic E-state index is -0.933. The van der Waals surface area contributed by atoms with Gasteiger partial charge in [-0.05, 0) is 39.8 Å². The van der Waals surface area contributed by atoms with Crippen molar-refractivity contribution < 1.29 is 15.0 Å². The number of aliphatic hydroxyl groups is 2. The normalized spacial score (nSPS) is 20.2. The lowest BCUT2D eigenvalue weighted by atomic mass is 10.0. The highest BCUT2D eigenvalue weighted by molar-refractivity contribution is 5.82. The Hall–Kier alpha value is -0.650. The Morgan fingerprint density at radius 2 is 1.72 bits per heavy atom. The second-order valence-corrected chi connectivity index (χ2v) is 5.49. The van der Waals surface area contributed by atoms with E-state index >= 15 is 0 Å². The maximum atomic E-state index is 12.1. The Balaban J connectivity index is 2.54. The van der Waals surface area contributed by atoms with Gasteiger partial charge in [0.15, 0.2) is 0 Å². The Kier molecular flexibility index (Phi) is 6.05. The number of hydrogen-bond acceptors (Lipinski definition) is 4. The third-order valence-electron chi connectivity index (χ3n) is 3.69. The molecule has 0 aliphatic carbocycles. The fourth-order valence-electron chi connectivity index (χ4n) is 2.18. The Labute approximate surface area is 109 Å². The molecule has 3 N–H and O–H groups in total. The van der Waals surface area contributed by atoms with Gasteiger partial charge in [0.25, 0.3) is 0 Å². The van der Waals surface area contributed by atoms with Crippen molar-refractivity contribution in [1.82, 2.24) is 10.2 Å². The second-order valence-electron chi connectivity index (χ2n) is 5.49. The monoisotopic (exact) mass is 258 g/mol. The number of hydrogen-bond donors (Lipinski definition) is 3. The van der Waals surface area contributed by atoms with Crippen LogP contribution in [0.4, 0.5) is 0 Å². The molecule has 0 aromatic heterocycles. The molecule has 1 saturated heterocycles. The van der Waals surface area contributed by atoms with Crippen molar-refractivity contribution in [3.05, 3.63) is 0 Å². The van der Waals surface area contributed by atoms with E-state index in [9.17, 15) is 15.0 Å². The fourth-order valence-corrected chi connectivity index (χ4v) is 2.18. The molecule has 0 saturated carbocycles. The number of likely N-dealkylation sites (tertiary alicyclic amines) is 1. The summed E-state index contributed by atoms with van der Waals surface area (Å²) in [6, 6.07) is -0.208. The van der Waals surface area contributed by atoms with E-state index in [0.717, 1.165) is 25.9 Å².